The van der Waals surface area contributed by atoms with Crippen LogP contribution in [0, 0.1) is 23.7 Å². The van der Waals surface area contributed by atoms with Crippen LogP contribution < -0.4 is 4.90 Å². The van der Waals surface area contributed by atoms with Gasteiger partial charge in [0.2, 0.25) is 29.0 Å². The smallest absolute Gasteiger partial charge is 0.411 e. The Hall–Kier alpha value is -3.90. The molecule has 1 aliphatic carbocycles. The van der Waals surface area contributed by atoms with Crippen molar-refractivity contribution in [3.63, 3.8) is 0 Å². The van der Waals surface area contributed by atoms with E-state index in [2.05, 4.69) is 0 Å². The molecule has 0 spiro atoms. The summed E-state index contributed by atoms with van der Waals surface area (Å²) in [5, 5.41) is 10.5. The summed E-state index contributed by atoms with van der Waals surface area (Å²) >= 11 is 0. The van der Waals surface area contributed by atoms with Crippen LogP contribution in [-0.4, -0.2) is 51.5 Å². The van der Waals surface area contributed by atoms with Gasteiger partial charge in [-0.15, -0.1) is 0 Å². The SMILES string of the molecule is CC(C)(C)c1ccc(C(c2ccc(N3C(=O)C4CC5C(=O)N(C(C)(C)C)C(=O)C5CC4C3=O)cc2)(C(F)(F)F)C(F)(F)F)cc1O. The topological polar surface area (TPSA) is 95.0 Å². The molecule has 1 N–H and O–H groups in total. The van der Waals surface area contributed by atoms with Gasteiger partial charge in [-0.05, 0) is 73.9 Å². The standard InChI is InChI=1S/C33H34F6N2O5/c1-29(2,3)23-12-9-17(13-24(23)42)31(32(34,35)36,33(37,38)39)16-7-10-18(11-8-16)40-25(43)19-14-21-22(15-20(19)26(40)44)28(46)41(27(21)45)30(4,5)6/h7-13,19-22,42H,14-15H2,1-6H3. The first-order chi connectivity index (χ1) is 20.9. The van der Waals surface area contributed by atoms with Crippen molar-refractivity contribution in [2.45, 2.75) is 83.1 Å². The Morgan fingerprint density at radius 3 is 1.41 bits per heavy atom. The van der Waals surface area contributed by atoms with Crippen molar-refractivity contribution in [2.75, 3.05) is 4.90 Å². The lowest BCUT2D eigenvalue weighted by Gasteiger charge is -2.39. The van der Waals surface area contributed by atoms with Crippen molar-refractivity contribution in [1.29, 1.82) is 0 Å². The molecule has 2 aliphatic heterocycles. The molecule has 4 atom stereocenters. The van der Waals surface area contributed by atoms with E-state index >= 15 is 0 Å². The molecule has 1 saturated carbocycles. The molecule has 2 saturated heterocycles. The summed E-state index contributed by atoms with van der Waals surface area (Å²) in [7, 11) is 0. The van der Waals surface area contributed by atoms with E-state index in [1.54, 1.807) is 41.5 Å². The molecule has 13 heteroatoms. The number of fused-ring (bicyclic) bond motifs is 2. The molecule has 2 heterocycles. The lowest BCUT2D eigenvalue weighted by Crippen LogP contribution is -2.54. The lowest BCUT2D eigenvalue weighted by atomic mass is 9.70. The fourth-order valence-corrected chi connectivity index (χ4v) is 7.33. The average molecular weight is 653 g/mol. The van der Waals surface area contributed by atoms with Gasteiger partial charge < -0.3 is 5.11 Å². The number of benzene rings is 2. The number of carbonyl (C=O) groups is 4. The van der Waals surface area contributed by atoms with Crippen LogP contribution in [0.15, 0.2) is 42.5 Å². The van der Waals surface area contributed by atoms with Crippen molar-refractivity contribution in [2.24, 2.45) is 23.7 Å². The summed E-state index contributed by atoms with van der Waals surface area (Å²) in [6.45, 7) is 10.00. The van der Waals surface area contributed by atoms with Crippen molar-refractivity contribution in [3.8, 4) is 5.75 Å². The van der Waals surface area contributed by atoms with Crippen molar-refractivity contribution >= 4 is 29.3 Å². The number of rotatable bonds is 3. The van der Waals surface area contributed by atoms with Crippen molar-refractivity contribution in [3.05, 3.63) is 59.2 Å². The second-order valence-corrected chi connectivity index (χ2v) is 14.4. The zero-order valence-electron chi connectivity index (χ0n) is 26.0. The third kappa shape index (κ3) is 4.79. The Labute approximate surface area is 261 Å². The van der Waals surface area contributed by atoms with E-state index in [1.165, 1.54) is 0 Å². The van der Waals surface area contributed by atoms with Gasteiger partial charge in [-0.3, -0.25) is 29.0 Å². The zero-order chi connectivity index (χ0) is 34.5. The van der Waals surface area contributed by atoms with Gasteiger partial charge in [0.1, 0.15) is 5.75 Å². The summed E-state index contributed by atoms with van der Waals surface area (Å²) < 4.78 is 88.4. The highest BCUT2D eigenvalue weighted by atomic mass is 19.4. The van der Waals surface area contributed by atoms with Gasteiger partial charge in [0.05, 0.1) is 29.4 Å². The number of phenols is 1. The first-order valence-electron chi connectivity index (χ1n) is 14.8. The molecule has 3 aliphatic rings. The first-order valence-corrected chi connectivity index (χ1v) is 14.8. The van der Waals surface area contributed by atoms with Crippen LogP contribution in [0.25, 0.3) is 0 Å². The number of likely N-dealkylation sites (tertiary alicyclic amines) is 1. The molecule has 46 heavy (non-hydrogen) atoms. The second-order valence-electron chi connectivity index (χ2n) is 14.4. The summed E-state index contributed by atoms with van der Waals surface area (Å²) in [5.41, 5.74) is -8.72. The van der Waals surface area contributed by atoms with Gasteiger partial charge in [0.25, 0.3) is 0 Å². The number of amides is 4. The minimum atomic E-state index is -5.92. The number of imide groups is 2. The molecule has 7 nitrogen and oxygen atoms in total. The van der Waals surface area contributed by atoms with E-state index in [0.29, 0.717) is 29.2 Å². The van der Waals surface area contributed by atoms with Gasteiger partial charge in [-0.25, -0.2) is 0 Å². The third-order valence-corrected chi connectivity index (χ3v) is 9.46. The summed E-state index contributed by atoms with van der Waals surface area (Å²) in [4.78, 5) is 55.1. The van der Waals surface area contributed by atoms with Gasteiger partial charge in [-0.2, -0.15) is 26.3 Å². The molecule has 4 unspecified atom stereocenters. The molecule has 4 amide bonds. The average Bonchev–Trinajstić information content (AvgIpc) is 3.29. The van der Waals surface area contributed by atoms with E-state index in [-0.39, 0.29) is 24.1 Å². The molecule has 3 fully saturated rings. The number of hydrogen-bond donors (Lipinski definition) is 1. The van der Waals surface area contributed by atoms with Crippen molar-refractivity contribution < 1.29 is 50.6 Å². The molecular weight excluding hydrogens is 618 g/mol. The largest absolute Gasteiger partial charge is 0.508 e. The molecule has 5 rings (SSSR count). The molecule has 2 aromatic carbocycles. The number of phenolic OH excluding ortho intramolecular Hbond substituents is 1. The Morgan fingerprint density at radius 2 is 1.04 bits per heavy atom. The van der Waals surface area contributed by atoms with Gasteiger partial charge in [0.15, 0.2) is 0 Å². The molecule has 0 radical (unpaired) electrons. The maximum atomic E-state index is 14.7. The van der Waals surface area contributed by atoms with Crippen LogP contribution >= 0.6 is 0 Å². The third-order valence-electron chi connectivity index (χ3n) is 9.46. The number of aromatic hydroxyl groups is 1. The van der Waals surface area contributed by atoms with E-state index in [1.807, 2.05) is 0 Å². The minimum absolute atomic E-state index is 0.0784. The highest BCUT2D eigenvalue weighted by Crippen LogP contribution is 2.57. The van der Waals surface area contributed by atoms with Gasteiger partial charge in [-0.1, -0.05) is 45.0 Å². The van der Waals surface area contributed by atoms with E-state index in [4.69, 9.17) is 0 Å². The van der Waals surface area contributed by atoms with Crippen LogP contribution in [0.5, 0.6) is 5.75 Å². The summed E-state index contributed by atoms with van der Waals surface area (Å²) in [6.07, 6.45) is -12.0. The zero-order valence-corrected chi connectivity index (χ0v) is 26.0. The van der Waals surface area contributed by atoms with E-state index in [0.717, 1.165) is 23.1 Å². The first kappa shape index (κ1) is 33.5. The van der Waals surface area contributed by atoms with Crippen LogP contribution in [0.2, 0.25) is 0 Å². The summed E-state index contributed by atoms with van der Waals surface area (Å²) in [6, 6.07) is 5.00. The predicted molar refractivity (Wildman–Crippen MR) is 153 cm³/mol. The monoisotopic (exact) mass is 652 g/mol. The Morgan fingerprint density at radius 1 is 0.630 bits per heavy atom. The molecule has 0 aromatic heterocycles. The number of anilines is 1. The fraction of sp³-hybridized carbons (Fsp3) is 0.515. The quantitative estimate of drug-likeness (QED) is 0.306. The second kappa shape index (κ2) is 10.3. The molecule has 2 aromatic rings. The maximum absolute atomic E-state index is 14.7. The highest BCUT2D eigenvalue weighted by Gasteiger charge is 2.72. The fourth-order valence-electron chi connectivity index (χ4n) is 7.33. The number of alkyl halides is 6. The van der Waals surface area contributed by atoms with E-state index in [9.17, 15) is 50.6 Å². The van der Waals surface area contributed by atoms with Crippen LogP contribution in [0.1, 0.15) is 71.1 Å². The Kier molecular flexibility index (Phi) is 7.49. The maximum Gasteiger partial charge on any atom is 0.411 e. The number of hydrogen-bond acceptors (Lipinski definition) is 5. The predicted octanol–water partition coefficient (Wildman–Crippen LogP) is 6.40. The Bertz CT molecular complexity index is 1560. The van der Waals surface area contributed by atoms with Gasteiger partial charge in [0, 0.05) is 5.54 Å². The lowest BCUT2D eigenvalue weighted by molar-refractivity contribution is -0.288. The summed E-state index contributed by atoms with van der Waals surface area (Å²) in [5.74, 6) is -6.67. The van der Waals surface area contributed by atoms with Crippen LogP contribution in [0.4, 0.5) is 32.0 Å². The normalized spacial score (nSPS) is 24.5. The number of nitrogens with zero attached hydrogens (tertiary/aromatic N) is 2. The molecule has 0 bridgehead atoms. The van der Waals surface area contributed by atoms with Crippen LogP contribution in [-0.2, 0) is 30.0 Å². The number of carbonyl (C=O) groups excluding carboxylic acids is 4. The molecule has 248 valence electrons. The van der Waals surface area contributed by atoms with Crippen LogP contribution in [0.3, 0.4) is 0 Å². The Balaban J connectivity index is 1.52. The van der Waals surface area contributed by atoms with Gasteiger partial charge >= 0.3 is 12.4 Å². The number of halogens is 6. The highest BCUT2D eigenvalue weighted by molar-refractivity contribution is 6.22. The minimum Gasteiger partial charge on any atom is -0.508 e. The molecular formula is C33H34F6N2O5. The van der Waals surface area contributed by atoms with E-state index < -0.39 is 92.9 Å². The van der Waals surface area contributed by atoms with Crippen molar-refractivity contribution in [1.82, 2.24) is 4.90 Å².